The molecule has 8 nitrogen and oxygen atoms in total. The van der Waals surface area contributed by atoms with Gasteiger partial charge in [-0.3, -0.25) is 4.79 Å². The minimum absolute atomic E-state index is 0.149. The molecule has 0 aliphatic carbocycles. The number of hydrogen-bond donors (Lipinski definition) is 1. The predicted octanol–water partition coefficient (Wildman–Crippen LogP) is 3.08. The van der Waals surface area contributed by atoms with Gasteiger partial charge in [0.05, 0.1) is 19.5 Å². The van der Waals surface area contributed by atoms with Crippen molar-refractivity contribution in [2.75, 3.05) is 19.5 Å². The van der Waals surface area contributed by atoms with Crippen LogP contribution in [0.5, 0.6) is 11.5 Å². The van der Waals surface area contributed by atoms with Gasteiger partial charge in [-0.25, -0.2) is 8.78 Å². The molecule has 3 rings (SSSR count). The van der Waals surface area contributed by atoms with Crippen molar-refractivity contribution in [3.8, 4) is 17.2 Å². The molecule has 0 spiro atoms. The summed E-state index contributed by atoms with van der Waals surface area (Å²) in [4.78, 5) is 12.4. The van der Waals surface area contributed by atoms with E-state index in [-0.39, 0.29) is 5.69 Å². The predicted molar refractivity (Wildman–Crippen MR) is 103 cm³/mol. The molecule has 1 N–H and O–H groups in total. The lowest BCUT2D eigenvalue weighted by atomic mass is 10.3. The molecule has 1 aromatic heterocycles. The van der Waals surface area contributed by atoms with Gasteiger partial charge < -0.3 is 14.8 Å². The molecule has 1 unspecified atom stereocenters. The number of aromatic nitrogens is 4. The number of ether oxygens (including phenoxy) is 2. The molecule has 0 bridgehead atoms. The van der Waals surface area contributed by atoms with Gasteiger partial charge >= 0.3 is 0 Å². The number of rotatable bonds is 7. The van der Waals surface area contributed by atoms with Gasteiger partial charge in [-0.15, -0.1) is 5.10 Å². The Kier molecular flexibility index (Phi) is 6.27. The fraction of sp³-hybridized carbons (Fsp3) is 0.222. The van der Waals surface area contributed by atoms with Crippen LogP contribution in [0.4, 0.5) is 14.5 Å². The summed E-state index contributed by atoms with van der Waals surface area (Å²) in [5, 5.41) is 13.8. The normalized spacial score (nSPS) is 11.8. The molecule has 2 aromatic carbocycles. The number of anilines is 1. The summed E-state index contributed by atoms with van der Waals surface area (Å²) >= 11 is 1.09. The number of methoxy groups -OCH3 is 2. The van der Waals surface area contributed by atoms with Gasteiger partial charge in [0.15, 0.2) is 11.6 Å². The van der Waals surface area contributed by atoms with Gasteiger partial charge in [-0.1, -0.05) is 11.8 Å². The van der Waals surface area contributed by atoms with E-state index in [1.807, 2.05) is 0 Å². The maximum Gasteiger partial charge on any atom is 0.237 e. The third-order valence-electron chi connectivity index (χ3n) is 3.89. The molecule has 3 aromatic rings. The number of hydrogen-bond acceptors (Lipinski definition) is 7. The summed E-state index contributed by atoms with van der Waals surface area (Å²) in [5.41, 5.74) is 0.683. The number of halogens is 2. The average Bonchev–Trinajstić information content (AvgIpc) is 3.18. The quantitative estimate of drug-likeness (QED) is 0.586. The molecule has 11 heteroatoms. The topological polar surface area (TPSA) is 91.2 Å². The largest absolute Gasteiger partial charge is 0.497 e. The van der Waals surface area contributed by atoms with Crippen LogP contribution < -0.4 is 14.8 Å². The highest BCUT2D eigenvalue weighted by molar-refractivity contribution is 8.00. The number of nitrogens with one attached hydrogen (secondary N) is 1. The SMILES string of the molecule is COc1ccc(OC)c(-n2nnnc2SC(C)C(=O)Nc2ccc(F)c(F)c2)c1. The first-order chi connectivity index (χ1) is 13.9. The van der Waals surface area contributed by atoms with Crippen molar-refractivity contribution < 1.29 is 23.0 Å². The van der Waals surface area contributed by atoms with E-state index in [0.29, 0.717) is 22.3 Å². The Labute approximate surface area is 169 Å². The van der Waals surface area contributed by atoms with E-state index in [4.69, 9.17) is 9.47 Å². The molecule has 1 atom stereocenters. The Morgan fingerprint density at radius 2 is 1.93 bits per heavy atom. The lowest BCUT2D eigenvalue weighted by Crippen LogP contribution is -2.23. The van der Waals surface area contributed by atoms with Gasteiger partial charge in [-0.2, -0.15) is 4.68 Å². The number of tetrazole rings is 1. The summed E-state index contributed by atoms with van der Waals surface area (Å²) < 4.78 is 38.4. The third-order valence-corrected chi connectivity index (χ3v) is 4.93. The Hall–Kier alpha value is -3.21. The summed E-state index contributed by atoms with van der Waals surface area (Å²) in [5.74, 6) is -1.36. The van der Waals surface area contributed by atoms with Crippen LogP contribution in [-0.4, -0.2) is 45.6 Å². The van der Waals surface area contributed by atoms with Crippen molar-refractivity contribution in [3.05, 3.63) is 48.0 Å². The fourth-order valence-corrected chi connectivity index (χ4v) is 3.20. The minimum atomic E-state index is -1.04. The van der Waals surface area contributed by atoms with Gasteiger partial charge in [0, 0.05) is 17.8 Å². The van der Waals surface area contributed by atoms with Crippen molar-refractivity contribution in [3.63, 3.8) is 0 Å². The first kappa shape index (κ1) is 20.5. The first-order valence-corrected chi connectivity index (χ1v) is 9.24. The molecule has 0 fully saturated rings. The number of nitrogens with zero attached hydrogens (tertiary/aromatic N) is 4. The second-order valence-electron chi connectivity index (χ2n) is 5.79. The lowest BCUT2D eigenvalue weighted by Gasteiger charge is -2.13. The van der Waals surface area contributed by atoms with E-state index in [1.165, 1.54) is 25.0 Å². The van der Waals surface area contributed by atoms with E-state index in [2.05, 4.69) is 20.8 Å². The maximum absolute atomic E-state index is 13.3. The van der Waals surface area contributed by atoms with Crippen molar-refractivity contribution >= 4 is 23.4 Å². The smallest absolute Gasteiger partial charge is 0.237 e. The zero-order valence-electron chi connectivity index (χ0n) is 15.7. The molecular formula is C18H17F2N5O3S. The highest BCUT2D eigenvalue weighted by Gasteiger charge is 2.21. The summed E-state index contributed by atoms with van der Waals surface area (Å²) in [7, 11) is 3.05. The second-order valence-corrected chi connectivity index (χ2v) is 7.10. The third kappa shape index (κ3) is 4.62. The van der Waals surface area contributed by atoms with Crippen LogP contribution in [0, 0.1) is 11.6 Å². The van der Waals surface area contributed by atoms with Crippen LogP contribution in [-0.2, 0) is 4.79 Å². The molecule has 0 saturated heterocycles. The summed E-state index contributed by atoms with van der Waals surface area (Å²) in [6.45, 7) is 1.64. The molecule has 0 saturated carbocycles. The van der Waals surface area contributed by atoms with Gasteiger partial charge in [0.25, 0.3) is 0 Å². The van der Waals surface area contributed by atoms with E-state index in [0.717, 1.165) is 23.9 Å². The van der Waals surface area contributed by atoms with Crippen molar-refractivity contribution in [2.45, 2.75) is 17.3 Å². The van der Waals surface area contributed by atoms with Crippen LogP contribution in [0.3, 0.4) is 0 Å². The van der Waals surface area contributed by atoms with Crippen LogP contribution in [0.15, 0.2) is 41.6 Å². The van der Waals surface area contributed by atoms with Gasteiger partial charge in [0.2, 0.25) is 11.1 Å². The Bertz CT molecular complexity index is 1030. The van der Waals surface area contributed by atoms with Gasteiger partial charge in [-0.05, 0) is 41.6 Å². The number of carbonyl (C=O) groups excluding carboxylic acids is 1. The minimum Gasteiger partial charge on any atom is -0.497 e. The van der Waals surface area contributed by atoms with Gasteiger partial charge in [0.1, 0.15) is 17.2 Å². The Balaban J connectivity index is 1.79. The maximum atomic E-state index is 13.3. The molecule has 0 radical (unpaired) electrons. The molecular weight excluding hydrogens is 404 g/mol. The summed E-state index contributed by atoms with van der Waals surface area (Å²) in [6, 6.07) is 8.28. The second kappa shape index (κ2) is 8.86. The van der Waals surface area contributed by atoms with Crippen LogP contribution in [0.1, 0.15) is 6.92 Å². The van der Waals surface area contributed by atoms with E-state index in [1.54, 1.807) is 25.1 Å². The Morgan fingerprint density at radius 1 is 1.14 bits per heavy atom. The van der Waals surface area contributed by atoms with Crippen molar-refractivity contribution in [1.29, 1.82) is 0 Å². The number of amides is 1. The monoisotopic (exact) mass is 421 g/mol. The summed E-state index contributed by atoms with van der Waals surface area (Å²) in [6.07, 6.45) is 0. The zero-order valence-corrected chi connectivity index (χ0v) is 16.5. The number of carbonyl (C=O) groups is 1. The number of thioether (sulfide) groups is 1. The van der Waals surface area contributed by atoms with Crippen LogP contribution in [0.2, 0.25) is 0 Å². The lowest BCUT2D eigenvalue weighted by molar-refractivity contribution is -0.115. The average molecular weight is 421 g/mol. The van der Waals surface area contributed by atoms with E-state index < -0.39 is 22.8 Å². The van der Waals surface area contributed by atoms with E-state index >= 15 is 0 Å². The molecule has 1 amide bonds. The highest BCUT2D eigenvalue weighted by atomic mass is 32.2. The number of benzene rings is 2. The first-order valence-electron chi connectivity index (χ1n) is 8.36. The molecule has 152 valence electrons. The molecule has 0 aliphatic rings. The Morgan fingerprint density at radius 3 is 2.62 bits per heavy atom. The van der Waals surface area contributed by atoms with Crippen molar-refractivity contribution in [1.82, 2.24) is 20.2 Å². The fourth-order valence-electron chi connectivity index (χ4n) is 2.40. The zero-order chi connectivity index (χ0) is 21.0. The van der Waals surface area contributed by atoms with E-state index in [9.17, 15) is 13.6 Å². The molecule has 0 aliphatic heterocycles. The van der Waals surface area contributed by atoms with Crippen LogP contribution in [0.25, 0.3) is 5.69 Å². The standard InChI is InChI=1S/C18H17F2N5O3S/c1-10(17(26)21-11-4-6-13(19)14(20)8-11)29-18-22-23-24-25(18)15-9-12(27-2)5-7-16(15)28-3/h4-10H,1-3H3,(H,21,26). The van der Waals surface area contributed by atoms with Crippen molar-refractivity contribution in [2.24, 2.45) is 0 Å². The molecule has 1 heterocycles. The molecule has 29 heavy (non-hydrogen) atoms. The highest BCUT2D eigenvalue weighted by Crippen LogP contribution is 2.31. The van der Waals surface area contributed by atoms with Crippen LogP contribution >= 0.6 is 11.8 Å².